The van der Waals surface area contributed by atoms with E-state index in [0.29, 0.717) is 0 Å². The Kier molecular flexibility index (Phi) is 8.11. The van der Waals surface area contributed by atoms with Gasteiger partial charge >= 0.3 is 17.6 Å². The number of carbonyl (C=O) groups is 1. The van der Waals surface area contributed by atoms with Gasteiger partial charge in [-0.25, -0.2) is 14.6 Å². The fourth-order valence-electron chi connectivity index (χ4n) is 3.56. The number of halogens is 2. The molecule has 0 radical (unpaired) electrons. The molecule has 1 aromatic rings. The maximum atomic E-state index is 13.8. The highest BCUT2D eigenvalue weighted by Crippen LogP contribution is 2.38. The standard InChI is InChI=1S/C10H14F2N2O4.C8H12N4O4/c11-10(12)7(16)6(5-15)18-8(10)14-4-2-1-3-13-9(14)17;9-7-10-3-12(8(15)11-7)6-1-4(14)5(2-13)16-6/h1-2,6-8,15-16H,3-5H2,(H,13,17);3-6,13-14H,1-2H2,(H2,9,11,15)/t6-,7-,8-;4-,5+,6+/m10/s1. The molecule has 4 heterocycles. The zero-order valence-corrected chi connectivity index (χ0v) is 17.8. The van der Waals surface area contributed by atoms with Crippen LogP contribution in [0.5, 0.6) is 0 Å². The number of urea groups is 1. The second-order valence-corrected chi connectivity index (χ2v) is 7.66. The van der Waals surface area contributed by atoms with Crippen LogP contribution < -0.4 is 16.7 Å². The Morgan fingerprint density at radius 3 is 2.47 bits per heavy atom. The van der Waals surface area contributed by atoms with E-state index in [1.54, 1.807) is 12.2 Å². The third-order valence-corrected chi connectivity index (χ3v) is 5.38. The highest BCUT2D eigenvalue weighted by Gasteiger charge is 2.61. The number of hydrogen-bond donors (Lipinski definition) is 6. The number of alkyl halides is 2. The predicted molar refractivity (Wildman–Crippen MR) is 108 cm³/mol. The number of nitrogen functional groups attached to an aromatic ring is 1. The Bertz CT molecular complexity index is 949. The zero-order valence-electron chi connectivity index (χ0n) is 17.8. The number of hydrogen-bond acceptors (Lipinski definition) is 11. The molecule has 0 bridgehead atoms. The summed E-state index contributed by atoms with van der Waals surface area (Å²) < 4.78 is 38.9. The van der Waals surface area contributed by atoms with Crippen molar-refractivity contribution in [2.24, 2.45) is 0 Å². The van der Waals surface area contributed by atoms with Gasteiger partial charge in [0.05, 0.1) is 19.3 Å². The molecule has 1 aromatic heterocycles. The Morgan fingerprint density at radius 2 is 1.88 bits per heavy atom. The molecule has 0 aliphatic carbocycles. The highest BCUT2D eigenvalue weighted by molar-refractivity contribution is 5.75. The normalized spacial score (nSPS) is 32.6. The average Bonchev–Trinajstić information content (AvgIpc) is 3.17. The van der Waals surface area contributed by atoms with E-state index < -0.39 is 61.1 Å². The summed E-state index contributed by atoms with van der Waals surface area (Å²) in [6.45, 7) is -0.836. The number of aliphatic hydroxyl groups excluding tert-OH is 4. The van der Waals surface area contributed by atoms with Crippen LogP contribution in [0, 0.1) is 0 Å². The minimum absolute atomic E-state index is 0.0447. The molecule has 3 aliphatic rings. The quantitative estimate of drug-likeness (QED) is 0.236. The van der Waals surface area contributed by atoms with Gasteiger partial charge in [0.1, 0.15) is 24.8 Å². The fraction of sp³-hybridized carbons (Fsp3) is 0.667. The van der Waals surface area contributed by atoms with Crippen molar-refractivity contribution in [2.45, 2.75) is 49.2 Å². The number of carbonyl (C=O) groups excluding carboxylic acids is 1. The highest BCUT2D eigenvalue weighted by atomic mass is 19.3. The van der Waals surface area contributed by atoms with Gasteiger partial charge in [-0.3, -0.25) is 9.47 Å². The third kappa shape index (κ3) is 5.31. The Morgan fingerprint density at radius 1 is 1.18 bits per heavy atom. The van der Waals surface area contributed by atoms with Crippen LogP contribution in [0.1, 0.15) is 12.6 Å². The van der Waals surface area contributed by atoms with Crippen LogP contribution in [0.25, 0.3) is 0 Å². The van der Waals surface area contributed by atoms with Gasteiger partial charge in [-0.1, -0.05) is 12.2 Å². The molecule has 14 nitrogen and oxygen atoms in total. The van der Waals surface area contributed by atoms with E-state index in [1.165, 1.54) is 6.33 Å². The van der Waals surface area contributed by atoms with Crippen molar-refractivity contribution < 1.29 is 43.5 Å². The first-order chi connectivity index (χ1) is 16.1. The van der Waals surface area contributed by atoms with Crippen molar-refractivity contribution in [3.8, 4) is 0 Å². The van der Waals surface area contributed by atoms with Gasteiger partial charge in [0.25, 0.3) is 0 Å². The number of ether oxygens (including phenoxy) is 2. The van der Waals surface area contributed by atoms with E-state index in [-0.39, 0.29) is 32.1 Å². The first-order valence-electron chi connectivity index (χ1n) is 10.3. The largest absolute Gasteiger partial charge is 0.394 e. The molecule has 4 rings (SSSR count). The molecule has 6 atom stereocenters. The number of nitrogens with one attached hydrogen (secondary N) is 1. The van der Waals surface area contributed by atoms with Crippen molar-refractivity contribution in [1.29, 1.82) is 0 Å². The smallest absolute Gasteiger partial charge is 0.354 e. The summed E-state index contributed by atoms with van der Waals surface area (Å²) in [7, 11) is 0. The molecule has 34 heavy (non-hydrogen) atoms. The second kappa shape index (κ2) is 10.7. The Hall–Kier alpha value is -2.76. The molecule has 2 saturated heterocycles. The predicted octanol–water partition coefficient (Wildman–Crippen LogP) is -2.86. The van der Waals surface area contributed by atoms with Crippen molar-refractivity contribution in [2.75, 3.05) is 32.0 Å². The minimum Gasteiger partial charge on any atom is -0.394 e. The van der Waals surface area contributed by atoms with Gasteiger partial charge in [0.2, 0.25) is 12.2 Å². The zero-order chi connectivity index (χ0) is 25.0. The van der Waals surface area contributed by atoms with E-state index in [1.807, 2.05) is 0 Å². The lowest BCUT2D eigenvalue weighted by atomic mass is 10.1. The van der Waals surface area contributed by atoms with E-state index in [2.05, 4.69) is 15.3 Å². The first kappa shape index (κ1) is 25.9. The lowest BCUT2D eigenvalue weighted by Gasteiger charge is -2.30. The van der Waals surface area contributed by atoms with Gasteiger partial charge in [0, 0.05) is 19.5 Å². The van der Waals surface area contributed by atoms with Crippen LogP contribution in [0.2, 0.25) is 0 Å². The average molecular weight is 492 g/mol. The van der Waals surface area contributed by atoms with Gasteiger partial charge in [-0.15, -0.1) is 0 Å². The van der Waals surface area contributed by atoms with Crippen molar-refractivity contribution in [3.63, 3.8) is 0 Å². The molecule has 2 fully saturated rings. The van der Waals surface area contributed by atoms with Gasteiger partial charge in [0.15, 0.2) is 6.10 Å². The summed E-state index contributed by atoms with van der Waals surface area (Å²) in [5.74, 6) is -3.73. The lowest BCUT2D eigenvalue weighted by molar-refractivity contribution is -0.152. The number of rotatable bonds is 4. The van der Waals surface area contributed by atoms with Crippen molar-refractivity contribution in [1.82, 2.24) is 24.8 Å². The van der Waals surface area contributed by atoms with Crippen molar-refractivity contribution >= 4 is 12.0 Å². The SMILES string of the molecule is Nc1ncn([C@H]2C[C@H](O)[C@@H](CO)O2)c(=O)n1.O=C1NCC=CCN1[C@@H]1O[C@H](CO)[C@@H](O)C1(F)F. The summed E-state index contributed by atoms with van der Waals surface area (Å²) in [4.78, 5) is 30.9. The minimum atomic E-state index is -3.62. The number of aromatic nitrogens is 3. The monoisotopic (exact) mass is 492 g/mol. The summed E-state index contributed by atoms with van der Waals surface area (Å²) in [6.07, 6.45) is -2.97. The van der Waals surface area contributed by atoms with Crippen LogP contribution in [0.4, 0.5) is 19.5 Å². The van der Waals surface area contributed by atoms with Crippen LogP contribution in [-0.4, -0.2) is 109 Å². The molecule has 0 saturated carbocycles. The molecular formula is C18H26F2N6O8. The molecule has 0 spiro atoms. The third-order valence-electron chi connectivity index (χ3n) is 5.38. The Labute approximate surface area is 191 Å². The summed E-state index contributed by atoms with van der Waals surface area (Å²) in [5.41, 5.74) is 4.65. The maximum absolute atomic E-state index is 13.8. The molecule has 7 N–H and O–H groups in total. The Balaban J connectivity index is 0.000000192. The number of aliphatic hydroxyl groups is 4. The molecule has 3 aliphatic heterocycles. The van der Waals surface area contributed by atoms with Crippen molar-refractivity contribution in [3.05, 3.63) is 29.0 Å². The summed E-state index contributed by atoms with van der Waals surface area (Å²) in [6, 6.07) is -0.699. The van der Waals surface area contributed by atoms with Crippen LogP contribution in [0.15, 0.2) is 23.3 Å². The maximum Gasteiger partial charge on any atom is 0.354 e. The fourth-order valence-corrected chi connectivity index (χ4v) is 3.56. The molecule has 16 heteroatoms. The molecule has 0 aromatic carbocycles. The molecule has 0 unspecified atom stereocenters. The van der Waals surface area contributed by atoms with Crippen LogP contribution >= 0.6 is 0 Å². The number of amides is 2. The van der Waals surface area contributed by atoms with Gasteiger partial charge < -0.3 is 41.0 Å². The topological polar surface area (TPSA) is 206 Å². The van der Waals surface area contributed by atoms with Crippen LogP contribution in [0.3, 0.4) is 0 Å². The molecular weight excluding hydrogens is 466 g/mol. The number of anilines is 1. The van der Waals surface area contributed by atoms with E-state index in [0.717, 1.165) is 9.47 Å². The molecule has 190 valence electrons. The van der Waals surface area contributed by atoms with Gasteiger partial charge in [-0.05, 0) is 0 Å². The number of nitrogens with zero attached hydrogens (tertiary/aromatic N) is 4. The number of nitrogens with two attached hydrogens (primary N) is 1. The van der Waals surface area contributed by atoms with Gasteiger partial charge in [-0.2, -0.15) is 13.8 Å². The first-order valence-corrected chi connectivity index (χ1v) is 10.3. The summed E-state index contributed by atoms with van der Waals surface area (Å²) >= 11 is 0. The van der Waals surface area contributed by atoms with Crippen LogP contribution in [-0.2, 0) is 9.47 Å². The summed E-state index contributed by atoms with van der Waals surface area (Å²) in [5, 5.41) is 39.0. The van der Waals surface area contributed by atoms with E-state index in [9.17, 15) is 28.6 Å². The van der Waals surface area contributed by atoms with E-state index >= 15 is 0 Å². The second-order valence-electron chi connectivity index (χ2n) is 7.66. The van der Waals surface area contributed by atoms with E-state index in [4.69, 9.17) is 25.4 Å². The lowest BCUT2D eigenvalue weighted by Crippen LogP contribution is -2.53. The molecule has 2 amide bonds.